The number of nitrogens with one attached hydrogen (secondary N) is 1. The van der Waals surface area contributed by atoms with Crippen LogP contribution < -0.4 is 10.1 Å². The Kier molecular flexibility index (Phi) is 6.42. The fourth-order valence-electron chi connectivity index (χ4n) is 1.94. The highest BCUT2D eigenvalue weighted by atomic mass is 79.9. The second-order valence-electron chi connectivity index (χ2n) is 5.00. The summed E-state index contributed by atoms with van der Waals surface area (Å²) in [6.45, 7) is 2.13. The molecule has 1 atom stereocenters. The van der Waals surface area contributed by atoms with E-state index in [-0.39, 0.29) is 11.7 Å². The van der Waals surface area contributed by atoms with Gasteiger partial charge in [0.15, 0.2) is 6.10 Å². The van der Waals surface area contributed by atoms with Crippen molar-refractivity contribution in [1.29, 1.82) is 0 Å². The Balaban J connectivity index is 1.81. The van der Waals surface area contributed by atoms with Crippen LogP contribution in [0.2, 0.25) is 5.02 Å². The molecule has 3 nitrogen and oxygen atoms in total. The molecule has 1 amide bonds. The number of carbonyl (C=O) groups excluding carboxylic acids is 1. The van der Waals surface area contributed by atoms with Crippen LogP contribution in [-0.4, -0.2) is 18.6 Å². The third-order valence-corrected chi connectivity index (χ3v) is 4.05. The minimum absolute atomic E-state index is 0.214. The molecule has 0 saturated carbocycles. The topological polar surface area (TPSA) is 38.3 Å². The fraction of sp³-hybridized carbons (Fsp3) is 0.235. The highest BCUT2D eigenvalue weighted by molar-refractivity contribution is 9.10. The Labute approximate surface area is 147 Å². The number of hydrogen-bond donors (Lipinski definition) is 1. The molecule has 6 heteroatoms. The van der Waals surface area contributed by atoms with E-state index in [0.29, 0.717) is 28.2 Å². The van der Waals surface area contributed by atoms with E-state index < -0.39 is 6.10 Å². The molecule has 0 bridgehead atoms. The Bertz CT molecular complexity index is 679. The molecular formula is C17H16BrClFNO2. The Morgan fingerprint density at radius 1 is 1.30 bits per heavy atom. The van der Waals surface area contributed by atoms with E-state index >= 15 is 0 Å². The Morgan fingerprint density at radius 3 is 2.65 bits per heavy atom. The molecule has 2 rings (SSSR count). The van der Waals surface area contributed by atoms with Crippen LogP contribution in [0.4, 0.5) is 4.39 Å². The quantitative estimate of drug-likeness (QED) is 0.782. The first-order valence-electron chi connectivity index (χ1n) is 7.09. The molecule has 0 radical (unpaired) electrons. The second kappa shape index (κ2) is 8.31. The van der Waals surface area contributed by atoms with Gasteiger partial charge in [-0.3, -0.25) is 4.79 Å². The summed E-state index contributed by atoms with van der Waals surface area (Å²) in [5, 5.41) is 3.38. The molecule has 0 aliphatic rings. The molecule has 0 saturated heterocycles. The second-order valence-corrected chi connectivity index (χ2v) is 6.29. The highest BCUT2D eigenvalue weighted by Gasteiger charge is 2.15. The number of benzene rings is 2. The standard InChI is InChI=1S/C17H16BrClFNO2/c1-11(23-16-7-4-13(19)10-15(16)18)17(22)21-9-8-12-2-5-14(20)6-3-12/h2-7,10-11H,8-9H2,1H3,(H,21,22). The zero-order valence-corrected chi connectivity index (χ0v) is 14.8. The van der Waals surface area contributed by atoms with E-state index in [1.54, 1.807) is 37.3 Å². The maximum atomic E-state index is 12.8. The van der Waals surface area contributed by atoms with Gasteiger partial charge in [-0.15, -0.1) is 0 Å². The van der Waals surface area contributed by atoms with Gasteiger partial charge in [0.25, 0.3) is 5.91 Å². The average molecular weight is 401 g/mol. The van der Waals surface area contributed by atoms with Crippen LogP contribution >= 0.6 is 27.5 Å². The first-order valence-corrected chi connectivity index (χ1v) is 8.26. The summed E-state index contributed by atoms with van der Waals surface area (Å²) < 4.78 is 19.1. The lowest BCUT2D eigenvalue weighted by atomic mass is 10.1. The SMILES string of the molecule is CC(Oc1ccc(Cl)cc1Br)C(=O)NCCc1ccc(F)cc1. The summed E-state index contributed by atoms with van der Waals surface area (Å²) in [5.41, 5.74) is 0.959. The fourth-order valence-corrected chi connectivity index (χ4v) is 2.72. The van der Waals surface area contributed by atoms with Crippen molar-refractivity contribution in [3.63, 3.8) is 0 Å². The zero-order chi connectivity index (χ0) is 16.8. The molecule has 1 unspecified atom stereocenters. The number of ether oxygens (including phenoxy) is 1. The van der Waals surface area contributed by atoms with Crippen molar-refractivity contribution in [3.05, 3.63) is 63.3 Å². The van der Waals surface area contributed by atoms with Gasteiger partial charge in [-0.25, -0.2) is 4.39 Å². The van der Waals surface area contributed by atoms with Crippen molar-refractivity contribution in [1.82, 2.24) is 5.32 Å². The van der Waals surface area contributed by atoms with Crippen molar-refractivity contribution in [2.45, 2.75) is 19.4 Å². The third kappa shape index (κ3) is 5.52. The van der Waals surface area contributed by atoms with Gasteiger partial charge in [0.2, 0.25) is 0 Å². The van der Waals surface area contributed by atoms with Gasteiger partial charge in [-0.05, 0) is 65.2 Å². The first kappa shape index (κ1) is 17.8. The minimum Gasteiger partial charge on any atom is -0.480 e. The molecule has 2 aromatic carbocycles. The van der Waals surface area contributed by atoms with Crippen LogP contribution in [0.15, 0.2) is 46.9 Å². The number of hydrogen-bond acceptors (Lipinski definition) is 2. The Hall–Kier alpha value is -1.59. The summed E-state index contributed by atoms with van der Waals surface area (Å²) in [6.07, 6.45) is -0.00989. The smallest absolute Gasteiger partial charge is 0.260 e. The zero-order valence-electron chi connectivity index (χ0n) is 12.5. The largest absolute Gasteiger partial charge is 0.480 e. The molecule has 0 heterocycles. The molecule has 0 fully saturated rings. The van der Waals surface area contributed by atoms with Crippen molar-refractivity contribution in [3.8, 4) is 5.75 Å². The summed E-state index contributed by atoms with van der Waals surface area (Å²) >= 11 is 9.21. The van der Waals surface area contributed by atoms with E-state index in [9.17, 15) is 9.18 Å². The van der Waals surface area contributed by atoms with Crippen LogP contribution in [0.25, 0.3) is 0 Å². The molecule has 0 aromatic heterocycles. The molecular weight excluding hydrogens is 385 g/mol. The molecule has 0 spiro atoms. The monoisotopic (exact) mass is 399 g/mol. The molecule has 23 heavy (non-hydrogen) atoms. The number of rotatable bonds is 6. The lowest BCUT2D eigenvalue weighted by Gasteiger charge is -2.16. The number of halogens is 3. The summed E-state index contributed by atoms with van der Waals surface area (Å²) in [4.78, 5) is 12.0. The first-order chi connectivity index (χ1) is 11.0. The molecule has 0 aliphatic carbocycles. The third-order valence-electron chi connectivity index (χ3n) is 3.19. The lowest BCUT2D eigenvalue weighted by Crippen LogP contribution is -2.37. The van der Waals surface area contributed by atoms with Crippen LogP contribution in [0, 0.1) is 5.82 Å². The molecule has 122 valence electrons. The van der Waals surface area contributed by atoms with E-state index in [2.05, 4.69) is 21.2 Å². The molecule has 1 N–H and O–H groups in total. The predicted octanol–water partition coefficient (Wildman–Crippen LogP) is 4.37. The van der Waals surface area contributed by atoms with Gasteiger partial charge < -0.3 is 10.1 Å². The summed E-state index contributed by atoms with van der Waals surface area (Å²) in [6, 6.07) is 11.3. The van der Waals surface area contributed by atoms with Crippen molar-refractivity contribution in [2.75, 3.05) is 6.54 Å². The van der Waals surface area contributed by atoms with Crippen LogP contribution in [0.5, 0.6) is 5.75 Å². The maximum absolute atomic E-state index is 12.8. The van der Waals surface area contributed by atoms with Gasteiger partial charge in [0, 0.05) is 11.6 Å². The van der Waals surface area contributed by atoms with Crippen LogP contribution in [-0.2, 0) is 11.2 Å². The van der Waals surface area contributed by atoms with Gasteiger partial charge >= 0.3 is 0 Å². The number of amides is 1. The highest BCUT2D eigenvalue weighted by Crippen LogP contribution is 2.28. The van der Waals surface area contributed by atoms with Gasteiger partial charge in [0.1, 0.15) is 11.6 Å². The number of carbonyl (C=O) groups is 1. The predicted molar refractivity (Wildman–Crippen MR) is 92.4 cm³/mol. The van der Waals surface area contributed by atoms with Gasteiger partial charge in [-0.1, -0.05) is 23.7 Å². The average Bonchev–Trinajstić information content (AvgIpc) is 2.51. The van der Waals surface area contributed by atoms with Gasteiger partial charge in [-0.2, -0.15) is 0 Å². The normalized spacial score (nSPS) is 11.8. The lowest BCUT2D eigenvalue weighted by molar-refractivity contribution is -0.127. The van der Waals surface area contributed by atoms with E-state index in [4.69, 9.17) is 16.3 Å². The molecule has 0 aliphatic heterocycles. The minimum atomic E-state index is -0.638. The Morgan fingerprint density at radius 2 is 2.00 bits per heavy atom. The van der Waals surface area contributed by atoms with Crippen molar-refractivity contribution >= 4 is 33.4 Å². The van der Waals surface area contributed by atoms with Crippen molar-refractivity contribution < 1.29 is 13.9 Å². The summed E-state index contributed by atoms with van der Waals surface area (Å²) in [5.74, 6) is 0.0675. The van der Waals surface area contributed by atoms with E-state index in [1.165, 1.54) is 12.1 Å². The van der Waals surface area contributed by atoms with Gasteiger partial charge in [0.05, 0.1) is 4.47 Å². The van der Waals surface area contributed by atoms with Crippen LogP contribution in [0.1, 0.15) is 12.5 Å². The van der Waals surface area contributed by atoms with Crippen molar-refractivity contribution in [2.24, 2.45) is 0 Å². The summed E-state index contributed by atoms with van der Waals surface area (Å²) in [7, 11) is 0. The van der Waals surface area contributed by atoms with E-state index in [0.717, 1.165) is 5.56 Å². The van der Waals surface area contributed by atoms with Crippen LogP contribution in [0.3, 0.4) is 0 Å². The maximum Gasteiger partial charge on any atom is 0.260 e. The van der Waals surface area contributed by atoms with E-state index in [1.807, 2.05) is 0 Å². The molecule has 2 aromatic rings.